The summed E-state index contributed by atoms with van der Waals surface area (Å²) in [6, 6.07) is 20.7. The molecule has 0 spiro atoms. The maximum Gasteiger partial charge on any atom is 0.191 e. The molecule has 148 valence electrons. The molecule has 0 radical (unpaired) electrons. The molecule has 0 atom stereocenters. The van der Waals surface area contributed by atoms with Crippen molar-refractivity contribution in [2.45, 2.75) is 54.1 Å². The van der Waals surface area contributed by atoms with Crippen molar-refractivity contribution < 1.29 is 0 Å². The third kappa shape index (κ3) is 5.52. The van der Waals surface area contributed by atoms with Crippen molar-refractivity contribution in [3.8, 4) is 0 Å². The summed E-state index contributed by atoms with van der Waals surface area (Å²) in [7, 11) is 1.86. The van der Waals surface area contributed by atoms with Crippen LogP contribution in [0.25, 0.3) is 0 Å². The molecule has 2 fully saturated rings. The number of nitrogens with zero attached hydrogens (tertiary/aromatic N) is 2. The highest BCUT2D eigenvalue weighted by Gasteiger charge is 2.31. The number of hydrogen-bond donors (Lipinski definition) is 2. The van der Waals surface area contributed by atoms with E-state index in [1.54, 1.807) is 11.8 Å². The van der Waals surface area contributed by atoms with Crippen molar-refractivity contribution in [3.63, 3.8) is 0 Å². The first-order valence-corrected chi connectivity index (χ1v) is 11.1. The monoisotopic (exact) mass is 394 g/mol. The lowest BCUT2D eigenvalue weighted by molar-refractivity contribution is 0.197. The van der Waals surface area contributed by atoms with Gasteiger partial charge in [-0.2, -0.15) is 0 Å². The van der Waals surface area contributed by atoms with E-state index in [2.05, 4.69) is 75.1 Å². The van der Waals surface area contributed by atoms with Crippen LogP contribution in [0, 0.1) is 0 Å². The Labute approximate surface area is 172 Å². The van der Waals surface area contributed by atoms with E-state index in [1.807, 2.05) is 7.05 Å². The number of guanidine groups is 1. The molecule has 0 unspecified atom stereocenters. The first-order chi connectivity index (χ1) is 13.8. The van der Waals surface area contributed by atoms with Gasteiger partial charge in [-0.25, -0.2) is 0 Å². The highest BCUT2D eigenvalue weighted by atomic mass is 32.2. The predicted octanol–water partition coefficient (Wildman–Crippen LogP) is 4.13. The Morgan fingerprint density at radius 2 is 1.64 bits per heavy atom. The second-order valence-corrected chi connectivity index (χ2v) is 8.82. The molecule has 1 aliphatic heterocycles. The van der Waals surface area contributed by atoms with Crippen molar-refractivity contribution in [2.24, 2.45) is 4.99 Å². The molecule has 2 aliphatic rings. The van der Waals surface area contributed by atoms with E-state index in [-0.39, 0.29) is 0 Å². The van der Waals surface area contributed by atoms with E-state index in [4.69, 9.17) is 0 Å². The van der Waals surface area contributed by atoms with Crippen molar-refractivity contribution >= 4 is 17.7 Å². The second kappa shape index (κ2) is 9.48. The Balaban J connectivity index is 1.22. The standard InChI is InChI=1S/C23H30N4S/c1-24-23(26-19-13-15-27(16-14-19)20-9-10-20)25-17-18-7-11-22(12-8-18)28-21-5-3-2-4-6-21/h2-8,11-12,19-20H,9-10,13-17H2,1H3,(H2,24,25,26). The molecule has 1 saturated heterocycles. The van der Waals surface area contributed by atoms with Gasteiger partial charge in [0.25, 0.3) is 0 Å². The molecule has 28 heavy (non-hydrogen) atoms. The van der Waals surface area contributed by atoms with Crippen LogP contribution in [0.2, 0.25) is 0 Å². The van der Waals surface area contributed by atoms with E-state index in [1.165, 1.54) is 54.1 Å². The van der Waals surface area contributed by atoms with Gasteiger partial charge in [0, 0.05) is 48.6 Å². The Hall–Kier alpha value is -1.98. The van der Waals surface area contributed by atoms with Crippen LogP contribution in [0.3, 0.4) is 0 Å². The van der Waals surface area contributed by atoms with E-state index in [9.17, 15) is 0 Å². The van der Waals surface area contributed by atoms with Crippen molar-refractivity contribution in [2.75, 3.05) is 20.1 Å². The quantitative estimate of drug-likeness (QED) is 0.571. The van der Waals surface area contributed by atoms with Gasteiger partial charge < -0.3 is 15.5 Å². The fourth-order valence-electron chi connectivity index (χ4n) is 3.72. The number of benzene rings is 2. The van der Waals surface area contributed by atoms with Crippen LogP contribution in [0.15, 0.2) is 69.4 Å². The zero-order chi connectivity index (χ0) is 19.2. The molecular formula is C23H30N4S. The molecule has 0 amide bonds. The number of hydrogen-bond acceptors (Lipinski definition) is 3. The normalized spacial score (nSPS) is 18.8. The minimum Gasteiger partial charge on any atom is -0.354 e. The Bertz CT molecular complexity index is 763. The van der Waals surface area contributed by atoms with Gasteiger partial charge >= 0.3 is 0 Å². The Morgan fingerprint density at radius 3 is 2.29 bits per heavy atom. The number of aliphatic imine (C=N–C) groups is 1. The summed E-state index contributed by atoms with van der Waals surface area (Å²) in [4.78, 5) is 9.60. The Morgan fingerprint density at radius 1 is 0.964 bits per heavy atom. The number of nitrogens with one attached hydrogen (secondary N) is 2. The molecule has 4 rings (SSSR count). The molecule has 1 heterocycles. The molecule has 2 N–H and O–H groups in total. The fourth-order valence-corrected chi connectivity index (χ4v) is 4.56. The van der Waals surface area contributed by atoms with Gasteiger partial charge in [-0.3, -0.25) is 4.99 Å². The lowest BCUT2D eigenvalue weighted by Gasteiger charge is -2.33. The summed E-state index contributed by atoms with van der Waals surface area (Å²) >= 11 is 1.79. The van der Waals surface area contributed by atoms with Crippen LogP contribution in [-0.4, -0.2) is 43.1 Å². The first kappa shape index (κ1) is 19.3. The Kier molecular flexibility index (Phi) is 6.55. The van der Waals surface area contributed by atoms with Crippen LogP contribution in [0.4, 0.5) is 0 Å². The van der Waals surface area contributed by atoms with Crippen molar-refractivity contribution in [3.05, 3.63) is 60.2 Å². The van der Waals surface area contributed by atoms with Gasteiger partial charge in [0.15, 0.2) is 5.96 Å². The average Bonchev–Trinajstić information content (AvgIpc) is 3.59. The topological polar surface area (TPSA) is 39.7 Å². The fraction of sp³-hybridized carbons (Fsp3) is 0.435. The SMILES string of the molecule is CN=C(NCc1ccc(Sc2ccccc2)cc1)NC1CCN(C2CC2)CC1. The molecular weight excluding hydrogens is 364 g/mol. The van der Waals surface area contributed by atoms with Crippen LogP contribution in [0.1, 0.15) is 31.2 Å². The zero-order valence-corrected chi connectivity index (χ0v) is 17.4. The van der Waals surface area contributed by atoms with Gasteiger partial charge in [-0.1, -0.05) is 42.1 Å². The van der Waals surface area contributed by atoms with E-state index in [0.717, 1.165) is 18.5 Å². The molecule has 1 saturated carbocycles. The van der Waals surface area contributed by atoms with E-state index >= 15 is 0 Å². The van der Waals surface area contributed by atoms with Crippen LogP contribution >= 0.6 is 11.8 Å². The molecule has 2 aromatic rings. The van der Waals surface area contributed by atoms with Gasteiger partial charge in [0.05, 0.1) is 0 Å². The minimum atomic E-state index is 0.533. The van der Waals surface area contributed by atoms with Crippen LogP contribution in [-0.2, 0) is 6.54 Å². The largest absolute Gasteiger partial charge is 0.354 e. The van der Waals surface area contributed by atoms with Gasteiger partial charge in [0.1, 0.15) is 0 Å². The third-order valence-corrected chi connectivity index (χ3v) is 6.54. The summed E-state index contributed by atoms with van der Waals surface area (Å²) in [5, 5.41) is 7.07. The highest BCUT2D eigenvalue weighted by molar-refractivity contribution is 7.99. The molecule has 0 bridgehead atoms. The number of piperidine rings is 1. The average molecular weight is 395 g/mol. The van der Waals surface area contributed by atoms with Crippen molar-refractivity contribution in [1.29, 1.82) is 0 Å². The number of rotatable bonds is 6. The lowest BCUT2D eigenvalue weighted by Crippen LogP contribution is -2.48. The molecule has 0 aromatic heterocycles. The third-order valence-electron chi connectivity index (χ3n) is 5.52. The first-order valence-electron chi connectivity index (χ1n) is 10.3. The van der Waals surface area contributed by atoms with Gasteiger partial charge in [-0.15, -0.1) is 0 Å². The van der Waals surface area contributed by atoms with Crippen molar-refractivity contribution in [1.82, 2.24) is 15.5 Å². The van der Waals surface area contributed by atoms with Crippen LogP contribution in [0.5, 0.6) is 0 Å². The summed E-state index contributed by atoms with van der Waals surface area (Å²) in [5.41, 5.74) is 1.27. The van der Waals surface area contributed by atoms with Crippen LogP contribution < -0.4 is 10.6 Å². The summed E-state index contributed by atoms with van der Waals surface area (Å²) < 4.78 is 0. The zero-order valence-electron chi connectivity index (χ0n) is 16.6. The molecule has 5 heteroatoms. The molecule has 2 aromatic carbocycles. The maximum absolute atomic E-state index is 4.41. The maximum atomic E-state index is 4.41. The van der Waals surface area contributed by atoms with Gasteiger partial charge in [-0.05, 0) is 55.5 Å². The smallest absolute Gasteiger partial charge is 0.191 e. The summed E-state index contributed by atoms with van der Waals surface area (Å²) in [6.45, 7) is 3.23. The second-order valence-electron chi connectivity index (χ2n) is 7.67. The predicted molar refractivity (Wildman–Crippen MR) is 118 cm³/mol. The van der Waals surface area contributed by atoms with E-state index in [0.29, 0.717) is 6.04 Å². The summed E-state index contributed by atoms with van der Waals surface area (Å²) in [5.74, 6) is 0.910. The minimum absolute atomic E-state index is 0.533. The molecule has 1 aliphatic carbocycles. The highest BCUT2D eigenvalue weighted by Crippen LogP contribution is 2.29. The summed E-state index contributed by atoms with van der Waals surface area (Å²) in [6.07, 6.45) is 5.24. The number of likely N-dealkylation sites (tertiary alicyclic amines) is 1. The van der Waals surface area contributed by atoms with E-state index < -0.39 is 0 Å². The lowest BCUT2D eigenvalue weighted by atomic mass is 10.1. The van der Waals surface area contributed by atoms with Gasteiger partial charge in [0.2, 0.25) is 0 Å². The molecule has 4 nitrogen and oxygen atoms in total.